The van der Waals surface area contributed by atoms with Crippen LogP contribution in [0.15, 0.2) is 0 Å². The lowest BCUT2D eigenvalue weighted by molar-refractivity contribution is -0.0504. The maximum absolute atomic E-state index is 9.96. The molecule has 5 heteroatoms. The molecule has 7 N–H and O–H groups in total. The third-order valence-corrected chi connectivity index (χ3v) is 4.91. The largest absolute Gasteiger partial charge is 0.394 e. The van der Waals surface area contributed by atoms with E-state index in [1.165, 1.54) is 64.2 Å². The molecule has 0 amide bonds. The molecule has 3 atom stereocenters. The standard InChI is InChI=1S/C19H42N2O3/c1-2-3-4-5-6-7-8-9-10-11-12-13-14-16(19(20)21)18(24)17(23)15-22/h16-19,22-24H,2-15,20-21H2,1H3. The Morgan fingerprint density at radius 3 is 1.50 bits per heavy atom. The minimum Gasteiger partial charge on any atom is -0.394 e. The van der Waals surface area contributed by atoms with Crippen LogP contribution in [0, 0.1) is 5.92 Å². The first kappa shape index (κ1) is 23.8. The SMILES string of the molecule is CCCCCCCCCCCCCCC(C(N)N)C(O)C(O)CO. The summed E-state index contributed by atoms with van der Waals surface area (Å²) in [5.41, 5.74) is 11.4. The molecule has 24 heavy (non-hydrogen) atoms. The van der Waals surface area contributed by atoms with Gasteiger partial charge >= 0.3 is 0 Å². The second kappa shape index (κ2) is 16.3. The van der Waals surface area contributed by atoms with Crippen LogP contribution in [-0.2, 0) is 0 Å². The number of hydrogen-bond donors (Lipinski definition) is 5. The molecule has 0 aromatic rings. The van der Waals surface area contributed by atoms with Crippen LogP contribution in [0.5, 0.6) is 0 Å². The highest BCUT2D eigenvalue weighted by Crippen LogP contribution is 2.19. The lowest BCUT2D eigenvalue weighted by Crippen LogP contribution is -2.49. The molecule has 0 aliphatic rings. The van der Waals surface area contributed by atoms with Crippen LogP contribution in [0.25, 0.3) is 0 Å². The molecular weight excluding hydrogens is 304 g/mol. The summed E-state index contributed by atoms with van der Waals surface area (Å²) >= 11 is 0. The van der Waals surface area contributed by atoms with E-state index in [9.17, 15) is 10.2 Å². The number of aliphatic hydroxyl groups is 3. The van der Waals surface area contributed by atoms with Crippen LogP contribution in [-0.4, -0.2) is 40.3 Å². The third kappa shape index (κ3) is 12.2. The highest BCUT2D eigenvalue weighted by atomic mass is 16.4. The quantitative estimate of drug-likeness (QED) is 0.205. The third-order valence-electron chi connectivity index (χ3n) is 4.91. The normalized spacial score (nSPS) is 15.6. The molecule has 3 unspecified atom stereocenters. The van der Waals surface area contributed by atoms with Crippen LogP contribution >= 0.6 is 0 Å². The van der Waals surface area contributed by atoms with Crippen molar-refractivity contribution in [1.82, 2.24) is 0 Å². The molecule has 0 fully saturated rings. The molecule has 0 bridgehead atoms. The van der Waals surface area contributed by atoms with Gasteiger partial charge in [0.2, 0.25) is 0 Å². The Hall–Kier alpha value is -0.200. The predicted octanol–water partition coefficient (Wildman–Crippen LogP) is 2.65. The summed E-state index contributed by atoms with van der Waals surface area (Å²) in [6.07, 6.45) is 13.1. The van der Waals surface area contributed by atoms with Gasteiger partial charge in [-0.15, -0.1) is 0 Å². The van der Waals surface area contributed by atoms with Crippen LogP contribution in [0.3, 0.4) is 0 Å². The van der Waals surface area contributed by atoms with Gasteiger partial charge in [0.15, 0.2) is 0 Å². The van der Waals surface area contributed by atoms with Gasteiger partial charge in [-0.2, -0.15) is 0 Å². The van der Waals surface area contributed by atoms with Gasteiger partial charge in [-0.05, 0) is 6.42 Å². The Labute approximate surface area is 148 Å². The Morgan fingerprint density at radius 2 is 1.12 bits per heavy atom. The number of unbranched alkanes of at least 4 members (excludes halogenated alkanes) is 11. The van der Waals surface area contributed by atoms with E-state index in [0.29, 0.717) is 6.42 Å². The van der Waals surface area contributed by atoms with E-state index in [2.05, 4.69) is 6.92 Å². The summed E-state index contributed by atoms with van der Waals surface area (Å²) in [5, 5.41) is 28.4. The molecule has 0 spiro atoms. The van der Waals surface area contributed by atoms with Gasteiger partial charge in [0, 0.05) is 5.92 Å². The predicted molar refractivity (Wildman–Crippen MR) is 100 cm³/mol. The van der Waals surface area contributed by atoms with Crippen molar-refractivity contribution in [3.05, 3.63) is 0 Å². The summed E-state index contributed by atoms with van der Waals surface area (Å²) in [7, 11) is 0. The Morgan fingerprint density at radius 1 is 0.708 bits per heavy atom. The van der Waals surface area contributed by atoms with Crippen molar-refractivity contribution in [2.45, 2.75) is 109 Å². The lowest BCUT2D eigenvalue weighted by atomic mass is 9.89. The first-order valence-electron chi connectivity index (χ1n) is 10.0. The topological polar surface area (TPSA) is 113 Å². The van der Waals surface area contributed by atoms with Crippen LogP contribution in [0.1, 0.15) is 90.4 Å². The van der Waals surface area contributed by atoms with Gasteiger partial charge < -0.3 is 26.8 Å². The van der Waals surface area contributed by atoms with Gasteiger partial charge in [-0.25, -0.2) is 0 Å². The molecule has 0 rings (SSSR count). The Kier molecular flexibility index (Phi) is 16.1. The fourth-order valence-corrected chi connectivity index (χ4v) is 3.21. The van der Waals surface area contributed by atoms with E-state index in [-0.39, 0.29) is 5.92 Å². The summed E-state index contributed by atoms with van der Waals surface area (Å²) in [6, 6.07) is 0. The highest BCUT2D eigenvalue weighted by Gasteiger charge is 2.28. The van der Waals surface area contributed by atoms with Crippen molar-refractivity contribution < 1.29 is 15.3 Å². The first-order valence-corrected chi connectivity index (χ1v) is 10.0. The molecule has 5 nitrogen and oxygen atoms in total. The van der Waals surface area contributed by atoms with Crippen LogP contribution < -0.4 is 11.5 Å². The van der Waals surface area contributed by atoms with E-state index in [0.717, 1.165) is 12.8 Å². The molecular formula is C19H42N2O3. The zero-order chi connectivity index (χ0) is 18.2. The minimum atomic E-state index is -1.16. The molecule has 0 aliphatic heterocycles. The average molecular weight is 347 g/mol. The number of nitrogens with two attached hydrogens (primary N) is 2. The van der Waals surface area contributed by atoms with Crippen molar-refractivity contribution in [2.24, 2.45) is 17.4 Å². The van der Waals surface area contributed by atoms with Crippen molar-refractivity contribution >= 4 is 0 Å². The van der Waals surface area contributed by atoms with Gasteiger partial charge in [-0.3, -0.25) is 0 Å². The zero-order valence-electron chi connectivity index (χ0n) is 15.7. The molecule has 146 valence electrons. The molecule has 0 radical (unpaired) electrons. The molecule has 0 aromatic carbocycles. The van der Waals surface area contributed by atoms with Crippen LogP contribution in [0.4, 0.5) is 0 Å². The first-order chi connectivity index (χ1) is 11.5. The molecule has 0 aromatic heterocycles. The molecule has 0 heterocycles. The number of aliphatic hydroxyl groups excluding tert-OH is 3. The van der Waals surface area contributed by atoms with E-state index in [1.807, 2.05) is 0 Å². The van der Waals surface area contributed by atoms with E-state index in [4.69, 9.17) is 16.6 Å². The highest BCUT2D eigenvalue weighted by molar-refractivity contribution is 4.80. The fraction of sp³-hybridized carbons (Fsp3) is 1.00. The number of rotatable bonds is 17. The lowest BCUT2D eigenvalue weighted by Gasteiger charge is -2.28. The van der Waals surface area contributed by atoms with Gasteiger partial charge in [0.1, 0.15) is 6.10 Å². The van der Waals surface area contributed by atoms with Crippen molar-refractivity contribution in [1.29, 1.82) is 0 Å². The summed E-state index contributed by atoms with van der Waals surface area (Å²) < 4.78 is 0. The summed E-state index contributed by atoms with van der Waals surface area (Å²) in [5.74, 6) is -0.365. The Bertz CT molecular complexity index is 265. The molecule has 0 aliphatic carbocycles. The van der Waals surface area contributed by atoms with Crippen molar-refractivity contribution in [3.8, 4) is 0 Å². The second-order valence-electron chi connectivity index (χ2n) is 7.16. The fourth-order valence-electron chi connectivity index (χ4n) is 3.21. The molecule has 0 saturated heterocycles. The monoisotopic (exact) mass is 346 g/mol. The Balaban J connectivity index is 3.56. The molecule has 0 saturated carbocycles. The van der Waals surface area contributed by atoms with E-state index >= 15 is 0 Å². The zero-order valence-corrected chi connectivity index (χ0v) is 15.7. The van der Waals surface area contributed by atoms with Crippen LogP contribution in [0.2, 0.25) is 0 Å². The smallest absolute Gasteiger partial charge is 0.103 e. The van der Waals surface area contributed by atoms with Gasteiger partial charge in [-0.1, -0.05) is 84.0 Å². The van der Waals surface area contributed by atoms with Crippen molar-refractivity contribution in [2.75, 3.05) is 6.61 Å². The van der Waals surface area contributed by atoms with Crippen molar-refractivity contribution in [3.63, 3.8) is 0 Å². The minimum absolute atomic E-state index is 0.365. The maximum atomic E-state index is 9.96. The van der Waals surface area contributed by atoms with Gasteiger partial charge in [0.05, 0.1) is 18.9 Å². The van der Waals surface area contributed by atoms with Gasteiger partial charge in [0.25, 0.3) is 0 Å². The maximum Gasteiger partial charge on any atom is 0.103 e. The summed E-state index contributed by atoms with van der Waals surface area (Å²) in [4.78, 5) is 0. The summed E-state index contributed by atoms with van der Waals surface area (Å²) in [6.45, 7) is 1.78. The number of hydrogen-bond acceptors (Lipinski definition) is 5. The second-order valence-corrected chi connectivity index (χ2v) is 7.16. The van der Waals surface area contributed by atoms with E-state index < -0.39 is 25.0 Å². The van der Waals surface area contributed by atoms with E-state index in [1.54, 1.807) is 0 Å². The average Bonchev–Trinajstić information content (AvgIpc) is 2.57.